The molecule has 0 radical (unpaired) electrons. The lowest BCUT2D eigenvalue weighted by molar-refractivity contribution is -0.148. The molecule has 1 amide bonds. The van der Waals surface area contributed by atoms with Crippen LogP contribution in [0.1, 0.15) is 59.1 Å². The lowest BCUT2D eigenvalue weighted by Crippen LogP contribution is -2.36. The summed E-state index contributed by atoms with van der Waals surface area (Å²) in [6.45, 7) is 2.09. The number of hydrogen-bond donors (Lipinski definition) is 2. The highest BCUT2D eigenvalue weighted by atomic mass is 32.1. The number of aromatic carboxylic acids is 1. The Kier molecular flexibility index (Phi) is 9.57. The molecule has 0 aliphatic carbocycles. The Morgan fingerprint density at radius 1 is 1.17 bits per heavy atom. The summed E-state index contributed by atoms with van der Waals surface area (Å²) in [5.41, 5.74) is 1.29. The number of hydrogen-bond acceptors (Lipinski definition) is 4. The summed E-state index contributed by atoms with van der Waals surface area (Å²) in [7, 11) is 0. The number of amides is 1. The van der Waals surface area contributed by atoms with E-state index in [0.29, 0.717) is 12.8 Å². The third-order valence-electron chi connectivity index (χ3n) is 6.47. The minimum atomic E-state index is -3.41. The molecule has 2 heterocycles. The van der Waals surface area contributed by atoms with Gasteiger partial charge in [0.05, 0.1) is 12.1 Å². The van der Waals surface area contributed by atoms with Gasteiger partial charge in [0.15, 0.2) is 0 Å². The van der Waals surface area contributed by atoms with E-state index in [1.807, 2.05) is 25.1 Å². The molecule has 1 aromatic carbocycles. The van der Waals surface area contributed by atoms with Crippen LogP contribution in [0, 0.1) is 5.92 Å². The molecule has 1 saturated heterocycles. The highest BCUT2D eigenvalue weighted by Gasteiger charge is 2.52. The molecule has 3 atom stereocenters. The van der Waals surface area contributed by atoms with Gasteiger partial charge in [-0.05, 0) is 55.7 Å². The van der Waals surface area contributed by atoms with E-state index in [4.69, 9.17) is 5.11 Å². The van der Waals surface area contributed by atoms with Crippen molar-refractivity contribution in [2.24, 2.45) is 5.92 Å². The van der Waals surface area contributed by atoms with Gasteiger partial charge in [-0.2, -0.15) is 8.78 Å². The molecule has 3 rings (SSSR count). The number of halogens is 2. The SMILES string of the molecule is C[C@@H](CCCCc1ccccc1)[C@H](O)/C=C/[C@H]1CC(F)(F)C(=O)N1CCCc1ccc(C(=O)O)s1. The summed E-state index contributed by atoms with van der Waals surface area (Å²) in [5, 5.41) is 19.5. The van der Waals surface area contributed by atoms with Gasteiger partial charge < -0.3 is 15.1 Å². The molecule has 5 nitrogen and oxygen atoms in total. The number of carboxylic acids is 1. The fourth-order valence-electron chi connectivity index (χ4n) is 4.35. The lowest BCUT2D eigenvalue weighted by Gasteiger charge is -2.22. The van der Waals surface area contributed by atoms with Gasteiger partial charge in [-0.1, -0.05) is 55.8 Å². The van der Waals surface area contributed by atoms with Gasteiger partial charge in [-0.25, -0.2) is 4.79 Å². The first-order valence-electron chi connectivity index (χ1n) is 12.1. The van der Waals surface area contributed by atoms with Crippen LogP contribution in [0.3, 0.4) is 0 Å². The molecule has 0 saturated carbocycles. The van der Waals surface area contributed by atoms with Gasteiger partial charge in [0.25, 0.3) is 5.91 Å². The van der Waals surface area contributed by atoms with Crippen molar-refractivity contribution >= 4 is 23.2 Å². The minimum absolute atomic E-state index is 0.0182. The number of likely N-dealkylation sites (tertiary alicyclic amines) is 1. The number of aliphatic hydroxyl groups excluding tert-OH is 1. The third kappa shape index (κ3) is 7.70. The highest BCUT2D eigenvalue weighted by Crippen LogP contribution is 2.34. The topological polar surface area (TPSA) is 77.8 Å². The van der Waals surface area contributed by atoms with Crippen molar-refractivity contribution in [2.45, 2.75) is 69.9 Å². The van der Waals surface area contributed by atoms with E-state index >= 15 is 0 Å². The average molecular weight is 506 g/mol. The van der Waals surface area contributed by atoms with Crippen LogP contribution in [0.25, 0.3) is 0 Å². The second-order valence-corrected chi connectivity index (χ2v) is 10.4. The standard InChI is InChI=1S/C27H33F2NO4S/c1-19(8-5-6-11-20-9-3-2-4-10-20)23(31)15-13-21-18-27(28,29)26(34)30(21)17-7-12-22-14-16-24(35-22)25(32)33/h2-4,9-10,13-16,19,21,23,31H,5-8,11-12,17-18H2,1H3,(H,32,33)/b15-13+/t19-,21-,23+/m0/s1. The molecule has 1 aliphatic rings. The number of rotatable bonds is 13. The highest BCUT2D eigenvalue weighted by molar-refractivity contribution is 7.13. The van der Waals surface area contributed by atoms with Crippen molar-refractivity contribution in [3.05, 3.63) is 69.9 Å². The Labute approximate surface area is 209 Å². The Balaban J connectivity index is 1.48. The van der Waals surface area contributed by atoms with E-state index in [1.165, 1.54) is 22.6 Å². The van der Waals surface area contributed by atoms with Crippen molar-refractivity contribution in [1.82, 2.24) is 4.90 Å². The second kappa shape index (κ2) is 12.4. The lowest BCUT2D eigenvalue weighted by atomic mass is 9.95. The first kappa shape index (κ1) is 27.0. The minimum Gasteiger partial charge on any atom is -0.477 e. The Morgan fingerprint density at radius 3 is 2.60 bits per heavy atom. The predicted octanol–water partition coefficient (Wildman–Crippen LogP) is 5.58. The quantitative estimate of drug-likeness (QED) is 0.275. The van der Waals surface area contributed by atoms with Crippen molar-refractivity contribution in [3.8, 4) is 0 Å². The number of benzene rings is 1. The van der Waals surface area contributed by atoms with E-state index in [2.05, 4.69) is 12.1 Å². The van der Waals surface area contributed by atoms with Crippen LogP contribution < -0.4 is 0 Å². The summed E-state index contributed by atoms with van der Waals surface area (Å²) in [4.78, 5) is 25.5. The fourth-order valence-corrected chi connectivity index (χ4v) is 5.24. The number of aliphatic hydroxyl groups is 1. The van der Waals surface area contributed by atoms with Crippen LogP contribution in [0.15, 0.2) is 54.6 Å². The normalized spacial score (nSPS) is 19.4. The number of thiophene rings is 1. The number of carboxylic acid groups (broad SMARTS) is 1. The summed E-state index contributed by atoms with van der Waals surface area (Å²) in [5.74, 6) is -5.62. The second-order valence-electron chi connectivity index (χ2n) is 9.23. The van der Waals surface area contributed by atoms with Crippen molar-refractivity contribution in [2.75, 3.05) is 6.54 Å². The largest absolute Gasteiger partial charge is 0.477 e. The molecular weight excluding hydrogens is 472 g/mol. The number of carbonyl (C=O) groups is 2. The Hall–Kier alpha value is -2.58. The number of alkyl halides is 2. The molecule has 35 heavy (non-hydrogen) atoms. The van der Waals surface area contributed by atoms with Gasteiger partial charge in [0.1, 0.15) is 4.88 Å². The van der Waals surface area contributed by atoms with Crippen LogP contribution >= 0.6 is 11.3 Å². The molecule has 0 unspecified atom stereocenters. The maximum absolute atomic E-state index is 14.2. The van der Waals surface area contributed by atoms with Crippen molar-refractivity contribution < 1.29 is 28.6 Å². The van der Waals surface area contributed by atoms with Crippen LogP contribution in [-0.4, -0.2) is 51.6 Å². The van der Waals surface area contributed by atoms with Crippen molar-refractivity contribution in [1.29, 1.82) is 0 Å². The predicted molar refractivity (Wildman–Crippen MR) is 133 cm³/mol. The van der Waals surface area contributed by atoms with Crippen LogP contribution in [0.5, 0.6) is 0 Å². The molecule has 8 heteroatoms. The molecule has 1 aliphatic heterocycles. The molecule has 190 valence electrons. The molecule has 0 bridgehead atoms. The molecular formula is C27H33F2NO4S. The smallest absolute Gasteiger partial charge is 0.345 e. The summed E-state index contributed by atoms with van der Waals surface area (Å²) >= 11 is 1.15. The van der Waals surface area contributed by atoms with Gasteiger partial charge in [0, 0.05) is 17.8 Å². The van der Waals surface area contributed by atoms with Gasteiger partial charge in [-0.15, -0.1) is 11.3 Å². The molecule has 0 spiro atoms. The van der Waals surface area contributed by atoms with Crippen LogP contribution in [-0.2, 0) is 17.6 Å². The number of aryl methyl sites for hydroxylation is 2. The molecule has 1 fully saturated rings. The maximum Gasteiger partial charge on any atom is 0.345 e. The molecule has 2 aromatic rings. The van der Waals surface area contributed by atoms with E-state index in [0.717, 1.165) is 41.9 Å². The zero-order valence-electron chi connectivity index (χ0n) is 19.9. The van der Waals surface area contributed by atoms with Crippen LogP contribution in [0.2, 0.25) is 0 Å². The summed E-state index contributed by atoms with van der Waals surface area (Å²) in [6.07, 6.45) is 6.46. The summed E-state index contributed by atoms with van der Waals surface area (Å²) < 4.78 is 28.3. The van der Waals surface area contributed by atoms with E-state index < -0.39 is 36.4 Å². The number of nitrogens with zero attached hydrogens (tertiary/aromatic N) is 1. The fraction of sp³-hybridized carbons (Fsp3) is 0.481. The van der Waals surface area contributed by atoms with E-state index in [1.54, 1.807) is 12.1 Å². The van der Waals surface area contributed by atoms with E-state index in [-0.39, 0.29) is 17.3 Å². The van der Waals surface area contributed by atoms with Gasteiger partial charge in [-0.3, -0.25) is 4.79 Å². The molecule has 2 N–H and O–H groups in total. The zero-order chi connectivity index (χ0) is 25.4. The Bertz CT molecular complexity index is 1010. The first-order valence-corrected chi connectivity index (χ1v) is 12.9. The summed E-state index contributed by atoms with van der Waals surface area (Å²) in [6, 6.07) is 12.7. The Morgan fingerprint density at radius 2 is 1.91 bits per heavy atom. The monoisotopic (exact) mass is 505 g/mol. The number of carbonyl (C=O) groups excluding carboxylic acids is 1. The van der Waals surface area contributed by atoms with Gasteiger partial charge in [0.2, 0.25) is 0 Å². The first-order chi connectivity index (χ1) is 16.7. The number of unbranched alkanes of at least 4 members (excludes halogenated alkanes) is 1. The molecule has 1 aromatic heterocycles. The van der Waals surface area contributed by atoms with E-state index in [9.17, 15) is 23.5 Å². The van der Waals surface area contributed by atoms with Crippen molar-refractivity contribution in [3.63, 3.8) is 0 Å². The zero-order valence-corrected chi connectivity index (χ0v) is 20.7. The third-order valence-corrected chi connectivity index (χ3v) is 7.60. The van der Waals surface area contributed by atoms with Gasteiger partial charge >= 0.3 is 11.9 Å². The average Bonchev–Trinajstić information content (AvgIpc) is 3.39. The maximum atomic E-state index is 14.2. The van der Waals surface area contributed by atoms with Crippen LogP contribution in [0.4, 0.5) is 8.78 Å².